The highest BCUT2D eigenvalue weighted by atomic mass is 79.9. The van der Waals surface area contributed by atoms with Crippen molar-refractivity contribution in [3.63, 3.8) is 0 Å². The molecule has 1 heterocycles. The van der Waals surface area contributed by atoms with Gasteiger partial charge in [0.05, 0.1) is 26.5 Å². The van der Waals surface area contributed by atoms with Crippen LogP contribution >= 0.6 is 15.9 Å². The number of amides is 1. The van der Waals surface area contributed by atoms with Gasteiger partial charge in [-0.15, -0.1) is 0 Å². The molecule has 2 N–H and O–H groups in total. The molecule has 0 atom stereocenters. The summed E-state index contributed by atoms with van der Waals surface area (Å²) in [6, 6.07) is 3.38. The molecule has 7 nitrogen and oxygen atoms in total. The molecule has 0 fully saturated rings. The van der Waals surface area contributed by atoms with Gasteiger partial charge in [0.2, 0.25) is 5.91 Å². The topological polar surface area (TPSA) is 101 Å². The van der Waals surface area contributed by atoms with Crippen molar-refractivity contribution in [1.29, 1.82) is 0 Å². The van der Waals surface area contributed by atoms with Crippen molar-refractivity contribution in [3.05, 3.63) is 34.1 Å². The number of rotatable bonds is 5. The van der Waals surface area contributed by atoms with Crippen LogP contribution in [0.2, 0.25) is 0 Å². The zero-order valence-corrected chi connectivity index (χ0v) is 16.5. The molecule has 0 spiro atoms. The third kappa shape index (κ3) is 4.61. The fourth-order valence-electron chi connectivity index (χ4n) is 2.16. The van der Waals surface area contributed by atoms with E-state index in [9.17, 15) is 31.5 Å². The van der Waals surface area contributed by atoms with Crippen molar-refractivity contribution in [3.8, 4) is 5.75 Å². The summed E-state index contributed by atoms with van der Waals surface area (Å²) < 4.78 is 63.0. The minimum Gasteiger partial charge on any atom is -0.506 e. The van der Waals surface area contributed by atoms with Crippen molar-refractivity contribution in [1.82, 2.24) is 9.78 Å². The maximum atomic E-state index is 12.9. The first-order valence-corrected chi connectivity index (χ1v) is 9.97. The molecule has 0 aliphatic rings. The number of phenols is 1. The highest BCUT2D eigenvalue weighted by Gasteiger charge is 2.38. The summed E-state index contributed by atoms with van der Waals surface area (Å²) in [5, 5.41) is 15.5. The van der Waals surface area contributed by atoms with Crippen LogP contribution in [0.3, 0.4) is 0 Å². The Morgan fingerprint density at radius 2 is 2.00 bits per heavy atom. The highest BCUT2D eigenvalue weighted by Crippen LogP contribution is 2.35. The molecule has 1 aromatic heterocycles. The smallest absolute Gasteiger partial charge is 0.436 e. The second-order valence-electron chi connectivity index (χ2n) is 5.53. The van der Waals surface area contributed by atoms with Crippen LogP contribution in [-0.2, 0) is 27.4 Å². The third-order valence-electron chi connectivity index (χ3n) is 3.68. The molecule has 1 amide bonds. The maximum absolute atomic E-state index is 12.9. The van der Waals surface area contributed by atoms with Crippen LogP contribution in [0.4, 0.5) is 18.9 Å². The summed E-state index contributed by atoms with van der Waals surface area (Å²) in [5.41, 5.74) is -1.25. The Kier molecular flexibility index (Phi) is 5.90. The molecule has 148 valence electrons. The second-order valence-corrected chi connectivity index (χ2v) is 8.61. The summed E-state index contributed by atoms with van der Waals surface area (Å²) in [5.74, 6) is -1.35. The molecule has 0 radical (unpaired) electrons. The number of aromatic hydroxyl groups is 1. The zero-order valence-electron chi connectivity index (χ0n) is 14.1. The van der Waals surface area contributed by atoms with Gasteiger partial charge in [0, 0.05) is 0 Å². The molecule has 0 saturated heterocycles. The predicted octanol–water partition coefficient (Wildman–Crippen LogP) is 3.11. The predicted molar refractivity (Wildman–Crippen MR) is 94.1 cm³/mol. The molecule has 0 aliphatic heterocycles. The van der Waals surface area contributed by atoms with Gasteiger partial charge in [-0.2, -0.15) is 18.3 Å². The number of hydrogen-bond acceptors (Lipinski definition) is 5. The van der Waals surface area contributed by atoms with Gasteiger partial charge < -0.3 is 10.4 Å². The Balaban J connectivity index is 2.26. The molecule has 27 heavy (non-hydrogen) atoms. The first-order valence-electron chi connectivity index (χ1n) is 7.52. The van der Waals surface area contributed by atoms with E-state index in [1.54, 1.807) is 0 Å². The Morgan fingerprint density at radius 3 is 2.52 bits per heavy atom. The van der Waals surface area contributed by atoms with Gasteiger partial charge in [-0.1, -0.05) is 6.92 Å². The number of aromatic nitrogens is 2. The van der Waals surface area contributed by atoms with Crippen molar-refractivity contribution in [2.45, 2.75) is 31.5 Å². The molecule has 2 rings (SSSR count). The maximum Gasteiger partial charge on any atom is 0.436 e. The van der Waals surface area contributed by atoms with E-state index in [0.717, 1.165) is 16.8 Å². The van der Waals surface area contributed by atoms with Crippen LogP contribution < -0.4 is 5.32 Å². The summed E-state index contributed by atoms with van der Waals surface area (Å²) >= 11 is 2.80. The van der Waals surface area contributed by atoms with Crippen LogP contribution in [0.1, 0.15) is 18.3 Å². The number of carbonyl (C=O) groups excluding carboxylic acids is 1. The van der Waals surface area contributed by atoms with Gasteiger partial charge in [-0.25, -0.2) is 8.42 Å². The average molecular weight is 470 g/mol. The van der Waals surface area contributed by atoms with Crippen LogP contribution in [-0.4, -0.2) is 35.0 Å². The summed E-state index contributed by atoms with van der Waals surface area (Å²) in [6.45, 7) is 2.23. The van der Waals surface area contributed by atoms with E-state index < -0.39 is 34.2 Å². The van der Waals surface area contributed by atoms with Crippen LogP contribution in [0.5, 0.6) is 5.75 Å². The summed E-state index contributed by atoms with van der Waals surface area (Å²) in [4.78, 5) is 12.1. The Bertz CT molecular complexity index is 987. The van der Waals surface area contributed by atoms with Gasteiger partial charge in [0.1, 0.15) is 12.3 Å². The minimum atomic E-state index is -4.69. The SMILES string of the molecule is CCS(=O)(=O)c1ccc(O)c(NC(=O)Cn2nc(C(F)(F)F)c(Br)c2C)c1. The first-order chi connectivity index (χ1) is 12.4. The third-order valence-corrected chi connectivity index (χ3v) is 6.36. The normalized spacial score (nSPS) is 12.2. The molecular formula is C15H15BrF3N3O4S. The number of hydrogen-bond donors (Lipinski definition) is 2. The molecule has 1 aromatic carbocycles. The van der Waals surface area contributed by atoms with E-state index in [0.29, 0.717) is 0 Å². The average Bonchev–Trinajstić information content (AvgIpc) is 2.85. The van der Waals surface area contributed by atoms with E-state index in [1.165, 1.54) is 19.9 Å². The summed E-state index contributed by atoms with van der Waals surface area (Å²) in [6.07, 6.45) is -4.69. The molecule has 0 aliphatic carbocycles. The fourth-order valence-corrected chi connectivity index (χ4v) is 3.58. The summed E-state index contributed by atoms with van der Waals surface area (Å²) in [7, 11) is -3.57. The standard InChI is InChI=1S/C15H15BrF3N3O4S/c1-3-27(25,26)9-4-5-11(23)10(6-9)20-12(24)7-22-8(2)13(16)14(21-22)15(17,18)19/h4-6,23H,3,7H2,1-2H3,(H,20,24). The molecule has 0 bridgehead atoms. The molecule has 2 aromatic rings. The molecule has 0 unspecified atom stereocenters. The van der Waals surface area contributed by atoms with Gasteiger partial charge in [-0.05, 0) is 41.1 Å². The van der Waals surface area contributed by atoms with Crippen LogP contribution in [0.15, 0.2) is 27.6 Å². The Morgan fingerprint density at radius 1 is 1.37 bits per heavy atom. The largest absolute Gasteiger partial charge is 0.506 e. The van der Waals surface area contributed by atoms with Gasteiger partial charge in [0.25, 0.3) is 0 Å². The van der Waals surface area contributed by atoms with Gasteiger partial charge >= 0.3 is 6.18 Å². The number of halogens is 4. The lowest BCUT2D eigenvalue weighted by molar-refractivity contribution is -0.142. The van der Waals surface area contributed by atoms with Crippen LogP contribution in [0.25, 0.3) is 0 Å². The fraction of sp³-hybridized carbons (Fsp3) is 0.333. The highest BCUT2D eigenvalue weighted by molar-refractivity contribution is 9.10. The lowest BCUT2D eigenvalue weighted by atomic mass is 10.3. The molecular weight excluding hydrogens is 455 g/mol. The second kappa shape index (κ2) is 7.50. The van der Waals surface area contributed by atoms with E-state index in [4.69, 9.17) is 0 Å². The van der Waals surface area contributed by atoms with Crippen molar-refractivity contribution in [2.24, 2.45) is 0 Å². The number of phenolic OH excluding ortho intramolecular Hbond substituents is 1. The zero-order chi connectivity index (χ0) is 20.6. The number of alkyl halides is 3. The number of anilines is 1. The first kappa shape index (κ1) is 21.2. The molecule has 12 heteroatoms. The van der Waals surface area contributed by atoms with Gasteiger partial charge in [-0.3, -0.25) is 9.48 Å². The van der Waals surface area contributed by atoms with Crippen molar-refractivity contribution >= 4 is 37.4 Å². The monoisotopic (exact) mass is 469 g/mol. The number of carbonyl (C=O) groups is 1. The van der Waals surface area contributed by atoms with Crippen molar-refractivity contribution in [2.75, 3.05) is 11.1 Å². The van der Waals surface area contributed by atoms with E-state index in [2.05, 4.69) is 26.3 Å². The van der Waals surface area contributed by atoms with Crippen molar-refractivity contribution < 1.29 is 31.5 Å². The number of nitrogens with one attached hydrogen (secondary N) is 1. The Labute approximate surface area is 161 Å². The minimum absolute atomic E-state index is 0.0870. The number of nitrogens with zero attached hydrogens (tertiary/aromatic N) is 2. The van der Waals surface area contributed by atoms with Crippen LogP contribution in [0, 0.1) is 6.92 Å². The lowest BCUT2D eigenvalue weighted by Crippen LogP contribution is -2.21. The van der Waals surface area contributed by atoms with E-state index >= 15 is 0 Å². The Hall–Kier alpha value is -2.08. The van der Waals surface area contributed by atoms with E-state index in [-0.39, 0.29) is 32.3 Å². The molecule has 0 saturated carbocycles. The number of benzene rings is 1. The quantitative estimate of drug-likeness (QED) is 0.655. The van der Waals surface area contributed by atoms with Gasteiger partial charge in [0.15, 0.2) is 15.5 Å². The van der Waals surface area contributed by atoms with E-state index in [1.807, 2.05) is 0 Å². The lowest BCUT2D eigenvalue weighted by Gasteiger charge is -2.10. The number of sulfone groups is 1.